The Hall–Kier alpha value is -1.39. The quantitative estimate of drug-likeness (QED) is 0.879. The molecular weight excluding hydrogens is 278 g/mol. The SMILES string of the molecule is c1ccc(SCc2nc3c(c(C4CC4)n2)CNCC3)cc1. The van der Waals surface area contributed by atoms with Crippen molar-refractivity contribution in [2.24, 2.45) is 0 Å². The fourth-order valence-electron chi connectivity index (χ4n) is 2.85. The van der Waals surface area contributed by atoms with E-state index in [1.807, 2.05) is 11.8 Å². The molecule has 21 heavy (non-hydrogen) atoms. The zero-order chi connectivity index (χ0) is 14.1. The van der Waals surface area contributed by atoms with E-state index < -0.39 is 0 Å². The maximum atomic E-state index is 4.89. The highest BCUT2D eigenvalue weighted by Crippen LogP contribution is 2.41. The molecule has 1 N–H and O–H groups in total. The molecule has 1 fully saturated rings. The third-order valence-corrected chi connectivity index (χ3v) is 5.09. The van der Waals surface area contributed by atoms with Crippen molar-refractivity contribution in [1.29, 1.82) is 0 Å². The van der Waals surface area contributed by atoms with Crippen LogP contribution in [0.3, 0.4) is 0 Å². The molecule has 1 saturated carbocycles. The van der Waals surface area contributed by atoms with E-state index in [9.17, 15) is 0 Å². The molecule has 2 aliphatic rings. The van der Waals surface area contributed by atoms with E-state index in [1.54, 1.807) is 0 Å². The molecule has 0 atom stereocenters. The fraction of sp³-hybridized carbons (Fsp3) is 0.412. The topological polar surface area (TPSA) is 37.8 Å². The molecule has 0 bridgehead atoms. The summed E-state index contributed by atoms with van der Waals surface area (Å²) in [7, 11) is 0. The van der Waals surface area contributed by atoms with Crippen molar-refractivity contribution in [3.05, 3.63) is 53.1 Å². The van der Waals surface area contributed by atoms with Gasteiger partial charge in [0.05, 0.1) is 17.1 Å². The van der Waals surface area contributed by atoms with Gasteiger partial charge in [0.1, 0.15) is 5.82 Å². The number of nitrogens with one attached hydrogen (secondary N) is 1. The van der Waals surface area contributed by atoms with Crippen molar-refractivity contribution >= 4 is 11.8 Å². The third kappa shape index (κ3) is 2.97. The lowest BCUT2D eigenvalue weighted by Crippen LogP contribution is -2.27. The van der Waals surface area contributed by atoms with E-state index in [0.717, 1.165) is 31.1 Å². The van der Waals surface area contributed by atoms with E-state index in [1.165, 1.54) is 34.7 Å². The lowest BCUT2D eigenvalue weighted by molar-refractivity contribution is 0.612. The Labute approximate surface area is 129 Å². The molecule has 0 unspecified atom stereocenters. The first kappa shape index (κ1) is 13.3. The fourth-order valence-corrected chi connectivity index (χ4v) is 3.62. The molecule has 3 nitrogen and oxygen atoms in total. The minimum absolute atomic E-state index is 0.696. The molecule has 0 radical (unpaired) electrons. The minimum Gasteiger partial charge on any atom is -0.312 e. The first-order valence-electron chi connectivity index (χ1n) is 7.67. The summed E-state index contributed by atoms with van der Waals surface area (Å²) in [5, 5.41) is 3.46. The number of rotatable bonds is 4. The predicted octanol–water partition coefficient (Wildman–Crippen LogP) is 3.29. The van der Waals surface area contributed by atoms with Gasteiger partial charge in [-0.2, -0.15) is 0 Å². The Bertz CT molecular complexity index is 638. The van der Waals surface area contributed by atoms with Crippen LogP contribution in [0, 0.1) is 0 Å². The van der Waals surface area contributed by atoms with Crippen LogP contribution in [-0.4, -0.2) is 16.5 Å². The number of nitrogens with zero attached hydrogens (tertiary/aromatic N) is 2. The van der Waals surface area contributed by atoms with E-state index in [2.05, 4.69) is 35.6 Å². The molecule has 1 aliphatic heterocycles. The number of benzene rings is 1. The minimum atomic E-state index is 0.696. The second-order valence-electron chi connectivity index (χ2n) is 5.75. The maximum absolute atomic E-state index is 4.89. The third-order valence-electron chi connectivity index (χ3n) is 4.09. The first-order valence-corrected chi connectivity index (χ1v) is 8.66. The maximum Gasteiger partial charge on any atom is 0.139 e. The molecule has 2 aromatic rings. The van der Waals surface area contributed by atoms with Crippen LogP contribution in [0.5, 0.6) is 0 Å². The number of thioether (sulfide) groups is 1. The van der Waals surface area contributed by atoms with Gasteiger partial charge in [-0.05, 0) is 25.0 Å². The molecule has 108 valence electrons. The molecule has 1 aromatic carbocycles. The molecule has 0 spiro atoms. The summed E-state index contributed by atoms with van der Waals surface area (Å²) in [6.07, 6.45) is 3.64. The Morgan fingerprint density at radius 2 is 2.00 bits per heavy atom. The number of fused-ring (bicyclic) bond motifs is 1. The van der Waals surface area contributed by atoms with Crippen molar-refractivity contribution < 1.29 is 0 Å². The first-order chi connectivity index (χ1) is 10.4. The van der Waals surface area contributed by atoms with Crippen molar-refractivity contribution in [1.82, 2.24) is 15.3 Å². The van der Waals surface area contributed by atoms with Crippen molar-refractivity contribution in [3.8, 4) is 0 Å². The summed E-state index contributed by atoms with van der Waals surface area (Å²) in [5.74, 6) is 2.57. The second-order valence-corrected chi connectivity index (χ2v) is 6.80. The van der Waals surface area contributed by atoms with Crippen LogP contribution in [0.2, 0.25) is 0 Å². The van der Waals surface area contributed by atoms with E-state index >= 15 is 0 Å². The summed E-state index contributed by atoms with van der Waals surface area (Å²) in [6, 6.07) is 10.5. The lowest BCUT2D eigenvalue weighted by Gasteiger charge is -2.20. The Balaban J connectivity index is 1.58. The van der Waals surface area contributed by atoms with Crippen LogP contribution in [0.4, 0.5) is 0 Å². The van der Waals surface area contributed by atoms with Crippen LogP contribution < -0.4 is 5.32 Å². The standard InChI is InChI=1S/C17H19N3S/c1-2-4-13(5-3-1)21-11-16-19-15-8-9-18-10-14(15)17(20-16)12-6-7-12/h1-5,12,18H,6-11H2. The van der Waals surface area contributed by atoms with Crippen molar-refractivity contribution in [3.63, 3.8) is 0 Å². The molecule has 0 amide bonds. The number of hydrogen-bond donors (Lipinski definition) is 1. The monoisotopic (exact) mass is 297 g/mol. The smallest absolute Gasteiger partial charge is 0.139 e. The van der Waals surface area contributed by atoms with Gasteiger partial charge in [0.25, 0.3) is 0 Å². The average molecular weight is 297 g/mol. The lowest BCUT2D eigenvalue weighted by atomic mass is 10.0. The van der Waals surface area contributed by atoms with Crippen LogP contribution >= 0.6 is 11.8 Å². The molecule has 4 rings (SSSR count). The van der Waals surface area contributed by atoms with E-state index in [0.29, 0.717) is 5.92 Å². The second kappa shape index (κ2) is 5.78. The molecule has 1 aromatic heterocycles. The van der Waals surface area contributed by atoms with Crippen LogP contribution in [-0.2, 0) is 18.7 Å². The Kier molecular flexibility index (Phi) is 3.65. The highest BCUT2D eigenvalue weighted by atomic mass is 32.2. The Morgan fingerprint density at radius 3 is 2.81 bits per heavy atom. The summed E-state index contributed by atoms with van der Waals surface area (Å²) in [6.45, 7) is 1.99. The summed E-state index contributed by atoms with van der Waals surface area (Å²) in [5.41, 5.74) is 4.00. The summed E-state index contributed by atoms with van der Waals surface area (Å²) >= 11 is 1.82. The summed E-state index contributed by atoms with van der Waals surface area (Å²) < 4.78 is 0. The molecule has 0 saturated heterocycles. The Morgan fingerprint density at radius 1 is 1.14 bits per heavy atom. The largest absolute Gasteiger partial charge is 0.312 e. The van der Waals surface area contributed by atoms with Crippen LogP contribution in [0.25, 0.3) is 0 Å². The zero-order valence-electron chi connectivity index (χ0n) is 12.0. The highest BCUT2D eigenvalue weighted by molar-refractivity contribution is 7.98. The number of hydrogen-bond acceptors (Lipinski definition) is 4. The van der Waals surface area contributed by atoms with Gasteiger partial charge in [-0.1, -0.05) is 18.2 Å². The average Bonchev–Trinajstić information content (AvgIpc) is 3.38. The molecule has 2 heterocycles. The molecule has 4 heteroatoms. The van der Waals surface area contributed by atoms with Gasteiger partial charge in [0.15, 0.2) is 0 Å². The van der Waals surface area contributed by atoms with Crippen molar-refractivity contribution in [2.75, 3.05) is 6.54 Å². The summed E-state index contributed by atoms with van der Waals surface area (Å²) in [4.78, 5) is 11.0. The van der Waals surface area contributed by atoms with Gasteiger partial charge < -0.3 is 5.32 Å². The molecular formula is C17H19N3S. The molecule has 1 aliphatic carbocycles. The van der Waals surface area contributed by atoms with E-state index in [-0.39, 0.29) is 0 Å². The van der Waals surface area contributed by atoms with Gasteiger partial charge >= 0.3 is 0 Å². The normalized spacial score (nSPS) is 17.5. The predicted molar refractivity (Wildman–Crippen MR) is 85.4 cm³/mol. The van der Waals surface area contributed by atoms with Gasteiger partial charge in [0, 0.05) is 35.9 Å². The number of aromatic nitrogens is 2. The van der Waals surface area contributed by atoms with Gasteiger partial charge in [0.2, 0.25) is 0 Å². The van der Waals surface area contributed by atoms with Gasteiger partial charge in [-0.25, -0.2) is 9.97 Å². The zero-order valence-corrected chi connectivity index (χ0v) is 12.8. The van der Waals surface area contributed by atoms with Crippen LogP contribution in [0.1, 0.15) is 41.5 Å². The van der Waals surface area contributed by atoms with Crippen molar-refractivity contribution in [2.45, 2.75) is 42.4 Å². The van der Waals surface area contributed by atoms with E-state index in [4.69, 9.17) is 9.97 Å². The van der Waals surface area contributed by atoms with Gasteiger partial charge in [-0.3, -0.25) is 0 Å². The van der Waals surface area contributed by atoms with Crippen LogP contribution in [0.15, 0.2) is 35.2 Å². The highest BCUT2D eigenvalue weighted by Gasteiger charge is 2.30. The van der Waals surface area contributed by atoms with Gasteiger partial charge in [-0.15, -0.1) is 11.8 Å².